The van der Waals surface area contributed by atoms with E-state index in [9.17, 15) is 4.79 Å². The fraction of sp³-hybridized carbons (Fsp3) is 0.429. The molecule has 102 valence electrons. The molecule has 0 radical (unpaired) electrons. The van der Waals surface area contributed by atoms with Crippen molar-refractivity contribution in [3.63, 3.8) is 0 Å². The normalized spacial score (nSPS) is 10.8. The molecule has 0 saturated heterocycles. The monoisotopic (exact) mass is 262 g/mol. The van der Waals surface area contributed by atoms with E-state index in [0.717, 1.165) is 36.8 Å². The van der Waals surface area contributed by atoms with Crippen molar-refractivity contribution in [1.82, 2.24) is 9.55 Å². The fourth-order valence-electron chi connectivity index (χ4n) is 2.05. The summed E-state index contributed by atoms with van der Waals surface area (Å²) in [5.41, 5.74) is 2.34. The number of unbranched alkanes of at least 4 members (excludes halogenated alkanes) is 2. The molecule has 5 heteroatoms. The molecular formula is C14H18N2O3. The van der Waals surface area contributed by atoms with Gasteiger partial charge in [-0.05, 0) is 37.5 Å². The first kappa shape index (κ1) is 13.5. The molecule has 1 heterocycles. The number of methoxy groups -OCH3 is 1. The molecule has 2 aromatic rings. The van der Waals surface area contributed by atoms with Crippen LogP contribution >= 0.6 is 0 Å². The summed E-state index contributed by atoms with van der Waals surface area (Å²) in [7, 11) is 1.37. The van der Waals surface area contributed by atoms with Gasteiger partial charge in [-0.25, -0.2) is 9.78 Å². The number of rotatable bonds is 6. The molecule has 0 aliphatic carbocycles. The molecule has 0 unspecified atom stereocenters. The predicted octanol–water partition coefficient (Wildman–Crippen LogP) is 1.99. The Hall–Kier alpha value is -1.88. The van der Waals surface area contributed by atoms with Gasteiger partial charge in [0.15, 0.2) is 0 Å². The summed E-state index contributed by atoms with van der Waals surface area (Å²) in [5.74, 6) is -0.338. The van der Waals surface area contributed by atoms with Gasteiger partial charge in [0.25, 0.3) is 0 Å². The molecule has 1 aromatic heterocycles. The number of aromatic nitrogens is 2. The van der Waals surface area contributed by atoms with E-state index < -0.39 is 0 Å². The van der Waals surface area contributed by atoms with Crippen LogP contribution in [-0.4, -0.2) is 34.3 Å². The molecule has 0 fully saturated rings. The van der Waals surface area contributed by atoms with Gasteiger partial charge < -0.3 is 14.4 Å². The van der Waals surface area contributed by atoms with Gasteiger partial charge in [0.05, 0.1) is 30.0 Å². The lowest BCUT2D eigenvalue weighted by molar-refractivity contribution is 0.0601. The number of carbonyl (C=O) groups excluding carboxylic acids is 1. The first-order chi connectivity index (χ1) is 9.26. The topological polar surface area (TPSA) is 64.3 Å². The molecule has 1 N–H and O–H groups in total. The Morgan fingerprint density at radius 1 is 1.37 bits per heavy atom. The standard InChI is InChI=1S/C14H18N2O3/c1-19-14(18)11-5-6-12-13(9-11)16(10-15-12)7-3-2-4-8-17/h5-6,9-10,17H,2-4,7-8H2,1H3. The second-order valence-corrected chi connectivity index (χ2v) is 4.42. The zero-order valence-corrected chi connectivity index (χ0v) is 11.0. The van der Waals surface area contributed by atoms with Crippen LogP contribution in [0, 0.1) is 0 Å². The average Bonchev–Trinajstić information content (AvgIpc) is 2.85. The van der Waals surface area contributed by atoms with Crippen molar-refractivity contribution < 1.29 is 14.6 Å². The van der Waals surface area contributed by atoms with Crippen molar-refractivity contribution in [2.45, 2.75) is 25.8 Å². The number of carbonyl (C=O) groups is 1. The molecule has 0 spiro atoms. The van der Waals surface area contributed by atoms with Crippen molar-refractivity contribution in [2.75, 3.05) is 13.7 Å². The maximum atomic E-state index is 11.5. The van der Waals surface area contributed by atoms with Crippen LogP contribution in [-0.2, 0) is 11.3 Å². The van der Waals surface area contributed by atoms with Crippen LogP contribution in [0.4, 0.5) is 0 Å². The second kappa shape index (κ2) is 6.33. The van der Waals surface area contributed by atoms with E-state index in [4.69, 9.17) is 9.84 Å². The lowest BCUT2D eigenvalue weighted by Crippen LogP contribution is -2.02. The number of fused-ring (bicyclic) bond motifs is 1. The van der Waals surface area contributed by atoms with Crippen LogP contribution < -0.4 is 0 Å². The van der Waals surface area contributed by atoms with Crippen molar-refractivity contribution >= 4 is 17.0 Å². The number of ether oxygens (including phenoxy) is 1. The van der Waals surface area contributed by atoms with Crippen molar-refractivity contribution in [1.29, 1.82) is 0 Å². The van der Waals surface area contributed by atoms with Crippen molar-refractivity contribution in [2.24, 2.45) is 0 Å². The molecule has 0 aliphatic heterocycles. The maximum absolute atomic E-state index is 11.5. The highest BCUT2D eigenvalue weighted by molar-refractivity contribution is 5.93. The first-order valence-corrected chi connectivity index (χ1v) is 6.40. The summed E-state index contributed by atoms with van der Waals surface area (Å²) < 4.78 is 6.75. The summed E-state index contributed by atoms with van der Waals surface area (Å²) in [6, 6.07) is 5.35. The number of aliphatic hydroxyl groups excluding tert-OH is 1. The van der Waals surface area contributed by atoms with Crippen LogP contribution in [0.2, 0.25) is 0 Å². The SMILES string of the molecule is COC(=O)c1ccc2ncn(CCCCCO)c2c1. The number of esters is 1. The summed E-state index contributed by atoms with van der Waals surface area (Å²) >= 11 is 0. The Morgan fingerprint density at radius 2 is 2.21 bits per heavy atom. The maximum Gasteiger partial charge on any atom is 0.337 e. The summed E-state index contributed by atoms with van der Waals surface area (Å²) in [5, 5.41) is 8.75. The van der Waals surface area contributed by atoms with E-state index in [-0.39, 0.29) is 12.6 Å². The van der Waals surface area contributed by atoms with E-state index >= 15 is 0 Å². The minimum absolute atomic E-state index is 0.233. The van der Waals surface area contributed by atoms with Crippen molar-refractivity contribution in [3.05, 3.63) is 30.1 Å². The fourth-order valence-corrected chi connectivity index (χ4v) is 2.05. The third kappa shape index (κ3) is 3.12. The third-order valence-electron chi connectivity index (χ3n) is 3.10. The van der Waals surface area contributed by atoms with E-state index in [1.807, 2.05) is 10.6 Å². The Morgan fingerprint density at radius 3 is 2.95 bits per heavy atom. The summed E-state index contributed by atoms with van der Waals surface area (Å²) in [4.78, 5) is 15.8. The zero-order valence-electron chi connectivity index (χ0n) is 11.0. The molecule has 0 bridgehead atoms. The largest absolute Gasteiger partial charge is 0.465 e. The van der Waals surface area contributed by atoms with Gasteiger partial charge in [0, 0.05) is 13.2 Å². The van der Waals surface area contributed by atoms with Gasteiger partial charge in [-0.3, -0.25) is 0 Å². The van der Waals surface area contributed by atoms with Gasteiger partial charge in [-0.15, -0.1) is 0 Å². The summed E-state index contributed by atoms with van der Waals surface area (Å²) in [6.45, 7) is 1.07. The Labute approximate surface area is 111 Å². The molecule has 0 amide bonds. The third-order valence-corrected chi connectivity index (χ3v) is 3.10. The van der Waals surface area contributed by atoms with Crippen LogP contribution in [0.15, 0.2) is 24.5 Å². The number of hydrogen-bond donors (Lipinski definition) is 1. The van der Waals surface area contributed by atoms with Crippen LogP contribution in [0.25, 0.3) is 11.0 Å². The first-order valence-electron chi connectivity index (χ1n) is 6.40. The summed E-state index contributed by atoms with van der Waals surface area (Å²) in [6.07, 6.45) is 4.56. The van der Waals surface area contributed by atoms with Crippen molar-refractivity contribution in [3.8, 4) is 0 Å². The van der Waals surface area contributed by atoms with Gasteiger partial charge >= 0.3 is 5.97 Å². The quantitative estimate of drug-likeness (QED) is 0.638. The van der Waals surface area contributed by atoms with Gasteiger partial charge in [0.1, 0.15) is 0 Å². The zero-order chi connectivity index (χ0) is 13.7. The Balaban J connectivity index is 2.17. The molecule has 0 atom stereocenters. The van der Waals surface area contributed by atoms with E-state index in [2.05, 4.69) is 4.98 Å². The van der Waals surface area contributed by atoms with Gasteiger partial charge in [0.2, 0.25) is 0 Å². The van der Waals surface area contributed by atoms with E-state index in [0.29, 0.717) is 5.56 Å². The molecule has 5 nitrogen and oxygen atoms in total. The molecule has 19 heavy (non-hydrogen) atoms. The number of nitrogens with zero attached hydrogens (tertiary/aromatic N) is 2. The Kier molecular flexibility index (Phi) is 4.52. The van der Waals surface area contributed by atoms with Crippen LogP contribution in [0.3, 0.4) is 0 Å². The van der Waals surface area contributed by atoms with E-state index in [1.165, 1.54) is 7.11 Å². The molecular weight excluding hydrogens is 244 g/mol. The predicted molar refractivity (Wildman–Crippen MR) is 72.0 cm³/mol. The van der Waals surface area contributed by atoms with E-state index in [1.54, 1.807) is 18.5 Å². The van der Waals surface area contributed by atoms with Crippen LogP contribution in [0.5, 0.6) is 0 Å². The molecule has 2 rings (SSSR count). The number of aryl methyl sites for hydroxylation is 1. The highest BCUT2D eigenvalue weighted by atomic mass is 16.5. The lowest BCUT2D eigenvalue weighted by atomic mass is 10.2. The number of benzene rings is 1. The smallest absolute Gasteiger partial charge is 0.337 e. The second-order valence-electron chi connectivity index (χ2n) is 4.42. The highest BCUT2D eigenvalue weighted by Crippen LogP contribution is 2.16. The number of imidazole rings is 1. The van der Waals surface area contributed by atoms with Gasteiger partial charge in [-0.1, -0.05) is 0 Å². The number of aliphatic hydroxyl groups is 1. The van der Waals surface area contributed by atoms with Gasteiger partial charge in [-0.2, -0.15) is 0 Å². The highest BCUT2D eigenvalue weighted by Gasteiger charge is 2.09. The Bertz CT molecular complexity index is 563. The minimum atomic E-state index is -0.338. The number of hydrogen-bond acceptors (Lipinski definition) is 4. The van der Waals surface area contributed by atoms with Crippen LogP contribution in [0.1, 0.15) is 29.6 Å². The molecule has 0 aliphatic rings. The minimum Gasteiger partial charge on any atom is -0.465 e. The average molecular weight is 262 g/mol. The molecule has 0 saturated carbocycles. The lowest BCUT2D eigenvalue weighted by Gasteiger charge is -2.05. The molecule has 1 aromatic carbocycles.